The Hall–Kier alpha value is -1.97. The van der Waals surface area contributed by atoms with Crippen LogP contribution in [0.1, 0.15) is 27.2 Å². The highest BCUT2D eigenvalue weighted by atomic mass is 32.2. The fourth-order valence-electron chi connectivity index (χ4n) is 2.93. The van der Waals surface area contributed by atoms with Gasteiger partial charge in [0.15, 0.2) is 0 Å². The van der Waals surface area contributed by atoms with Gasteiger partial charge in [0.25, 0.3) is 5.69 Å². The number of sulfonamides is 1. The molecule has 1 aromatic carbocycles. The molecule has 0 radical (unpaired) electrons. The summed E-state index contributed by atoms with van der Waals surface area (Å²) in [6.07, 6.45) is 3.28. The second-order valence-corrected chi connectivity index (χ2v) is 9.00. The van der Waals surface area contributed by atoms with Crippen LogP contribution in [-0.2, 0) is 10.0 Å². The molecule has 1 heterocycles. The molecule has 0 spiro atoms. The monoisotopic (exact) mass is 382 g/mol. The Kier molecular flexibility index (Phi) is 6.05. The number of nitro groups is 1. The van der Waals surface area contributed by atoms with Crippen molar-refractivity contribution in [2.75, 3.05) is 31.5 Å². The number of primary sulfonamides is 1. The van der Waals surface area contributed by atoms with E-state index in [2.05, 4.69) is 37.1 Å². The van der Waals surface area contributed by atoms with E-state index in [4.69, 9.17) is 5.14 Å². The maximum Gasteiger partial charge on any atom is 0.293 e. The standard InChI is InChI=1S/C17H26N4O4S/c1-17(2,3)13-6-9-20(10-7-13)11-8-19-15-5-4-14(26(18,24)25)12-16(15)21(22)23/h4-6,12,19H,7-11H2,1-3H3,(H2,18,24,25). The fraction of sp³-hybridized carbons (Fsp3) is 0.529. The van der Waals surface area contributed by atoms with Crippen LogP contribution in [-0.4, -0.2) is 44.4 Å². The Bertz CT molecular complexity index is 813. The van der Waals surface area contributed by atoms with Crippen LogP contribution in [0.3, 0.4) is 0 Å². The minimum atomic E-state index is -3.98. The lowest BCUT2D eigenvalue weighted by molar-refractivity contribution is -0.384. The molecule has 0 bridgehead atoms. The van der Waals surface area contributed by atoms with Crippen molar-refractivity contribution in [3.63, 3.8) is 0 Å². The van der Waals surface area contributed by atoms with Gasteiger partial charge < -0.3 is 5.32 Å². The first kappa shape index (κ1) is 20.3. The number of hydrogen-bond acceptors (Lipinski definition) is 6. The number of anilines is 1. The lowest BCUT2D eigenvalue weighted by Gasteiger charge is -2.32. The number of hydrogen-bond donors (Lipinski definition) is 2. The summed E-state index contributed by atoms with van der Waals surface area (Å²) >= 11 is 0. The molecule has 1 aliphatic rings. The first-order valence-electron chi connectivity index (χ1n) is 8.45. The maximum atomic E-state index is 11.4. The van der Waals surface area contributed by atoms with Crippen molar-refractivity contribution in [3.05, 3.63) is 40.0 Å². The third-order valence-corrected chi connectivity index (χ3v) is 5.41. The summed E-state index contributed by atoms with van der Waals surface area (Å²) < 4.78 is 22.7. The minimum Gasteiger partial charge on any atom is -0.378 e. The van der Waals surface area contributed by atoms with Crippen LogP contribution < -0.4 is 10.5 Å². The number of nitro benzene ring substituents is 1. The molecular formula is C17H26N4O4S. The minimum absolute atomic E-state index is 0.191. The summed E-state index contributed by atoms with van der Waals surface area (Å²) in [5, 5.41) is 19.3. The van der Waals surface area contributed by atoms with Crippen molar-refractivity contribution >= 4 is 21.4 Å². The molecule has 0 amide bonds. The average molecular weight is 382 g/mol. The molecule has 1 aromatic rings. The molecule has 0 aromatic heterocycles. The zero-order valence-corrected chi connectivity index (χ0v) is 16.2. The average Bonchev–Trinajstić information content (AvgIpc) is 2.53. The van der Waals surface area contributed by atoms with Gasteiger partial charge in [-0.3, -0.25) is 15.0 Å². The van der Waals surface area contributed by atoms with E-state index in [9.17, 15) is 18.5 Å². The van der Waals surface area contributed by atoms with E-state index < -0.39 is 14.9 Å². The molecule has 1 aliphatic heterocycles. The molecule has 0 saturated carbocycles. The molecule has 144 valence electrons. The summed E-state index contributed by atoms with van der Waals surface area (Å²) in [6, 6.07) is 3.63. The second kappa shape index (κ2) is 7.73. The van der Waals surface area contributed by atoms with Crippen molar-refractivity contribution in [2.24, 2.45) is 10.6 Å². The van der Waals surface area contributed by atoms with Crippen molar-refractivity contribution in [1.29, 1.82) is 0 Å². The molecule has 0 unspecified atom stereocenters. The Morgan fingerprint density at radius 1 is 1.35 bits per heavy atom. The van der Waals surface area contributed by atoms with E-state index in [-0.39, 0.29) is 21.7 Å². The van der Waals surface area contributed by atoms with Gasteiger partial charge in [-0.05, 0) is 24.0 Å². The zero-order chi connectivity index (χ0) is 19.5. The van der Waals surface area contributed by atoms with E-state index in [0.29, 0.717) is 6.54 Å². The predicted octanol–water partition coefficient (Wildman–Crippen LogP) is 2.33. The summed E-state index contributed by atoms with van der Waals surface area (Å²) in [7, 11) is -3.98. The smallest absolute Gasteiger partial charge is 0.293 e. The van der Waals surface area contributed by atoms with E-state index >= 15 is 0 Å². The first-order valence-corrected chi connectivity index (χ1v) is 10.00. The van der Waals surface area contributed by atoms with Crippen molar-refractivity contribution < 1.29 is 13.3 Å². The van der Waals surface area contributed by atoms with Crippen LogP contribution in [0, 0.1) is 15.5 Å². The SMILES string of the molecule is CC(C)(C)C1=CCN(CCNc2ccc(S(N)(=O)=O)cc2[N+](=O)[O-])CC1. The van der Waals surface area contributed by atoms with Gasteiger partial charge in [-0.25, -0.2) is 13.6 Å². The van der Waals surface area contributed by atoms with Crippen LogP contribution in [0.5, 0.6) is 0 Å². The lowest BCUT2D eigenvalue weighted by atomic mass is 9.83. The molecule has 0 aliphatic carbocycles. The summed E-state index contributed by atoms with van der Waals surface area (Å²) in [6.45, 7) is 9.70. The Balaban J connectivity index is 1.98. The van der Waals surface area contributed by atoms with Crippen LogP contribution >= 0.6 is 0 Å². The van der Waals surface area contributed by atoms with Gasteiger partial charge in [0.1, 0.15) is 5.69 Å². The molecule has 0 fully saturated rings. The summed E-state index contributed by atoms with van der Waals surface area (Å²) in [5.41, 5.74) is 1.63. The lowest BCUT2D eigenvalue weighted by Crippen LogP contribution is -2.34. The molecule has 0 atom stereocenters. The van der Waals surface area contributed by atoms with E-state index in [1.54, 1.807) is 0 Å². The third-order valence-electron chi connectivity index (χ3n) is 4.49. The van der Waals surface area contributed by atoms with Crippen molar-refractivity contribution in [3.8, 4) is 0 Å². The van der Waals surface area contributed by atoms with E-state index in [1.807, 2.05) is 0 Å². The second-order valence-electron chi connectivity index (χ2n) is 7.44. The predicted molar refractivity (Wildman–Crippen MR) is 102 cm³/mol. The van der Waals surface area contributed by atoms with Gasteiger partial charge in [-0.2, -0.15) is 0 Å². The van der Waals surface area contributed by atoms with E-state index in [1.165, 1.54) is 17.7 Å². The van der Waals surface area contributed by atoms with Gasteiger partial charge in [0.2, 0.25) is 10.0 Å². The highest BCUT2D eigenvalue weighted by molar-refractivity contribution is 7.89. The number of benzene rings is 1. The molecule has 0 saturated heterocycles. The third kappa shape index (κ3) is 5.26. The van der Waals surface area contributed by atoms with Crippen LogP contribution in [0.2, 0.25) is 0 Å². The van der Waals surface area contributed by atoms with E-state index in [0.717, 1.165) is 32.1 Å². The maximum absolute atomic E-state index is 11.4. The molecule has 2 rings (SSSR count). The first-order chi connectivity index (χ1) is 12.0. The molecule has 9 heteroatoms. The topological polar surface area (TPSA) is 119 Å². The van der Waals surface area contributed by atoms with Gasteiger partial charge in [0.05, 0.1) is 9.82 Å². The Morgan fingerprint density at radius 2 is 2.04 bits per heavy atom. The zero-order valence-electron chi connectivity index (χ0n) is 15.4. The molecule has 26 heavy (non-hydrogen) atoms. The molecule has 8 nitrogen and oxygen atoms in total. The van der Waals surface area contributed by atoms with Gasteiger partial charge in [0, 0.05) is 32.2 Å². The number of nitrogens with one attached hydrogen (secondary N) is 1. The molecule has 3 N–H and O–H groups in total. The normalized spacial score (nSPS) is 16.2. The fourth-order valence-corrected chi connectivity index (χ4v) is 3.47. The van der Waals surface area contributed by atoms with Gasteiger partial charge in [-0.15, -0.1) is 0 Å². The Morgan fingerprint density at radius 3 is 2.54 bits per heavy atom. The van der Waals surface area contributed by atoms with Gasteiger partial charge in [-0.1, -0.05) is 32.4 Å². The largest absolute Gasteiger partial charge is 0.378 e. The van der Waals surface area contributed by atoms with Crippen LogP contribution in [0.15, 0.2) is 34.7 Å². The Labute approximate surface area is 154 Å². The highest BCUT2D eigenvalue weighted by Gasteiger charge is 2.22. The van der Waals surface area contributed by atoms with Crippen molar-refractivity contribution in [2.45, 2.75) is 32.1 Å². The van der Waals surface area contributed by atoms with Crippen molar-refractivity contribution in [1.82, 2.24) is 4.90 Å². The number of nitrogens with two attached hydrogens (primary N) is 1. The quantitative estimate of drug-likeness (QED) is 0.443. The van der Waals surface area contributed by atoms with Gasteiger partial charge >= 0.3 is 0 Å². The summed E-state index contributed by atoms with van der Waals surface area (Å²) in [4.78, 5) is 12.6. The molecular weight excluding hydrogens is 356 g/mol. The summed E-state index contributed by atoms with van der Waals surface area (Å²) in [5.74, 6) is 0. The highest BCUT2D eigenvalue weighted by Crippen LogP contribution is 2.30. The number of nitrogens with zero attached hydrogens (tertiary/aromatic N) is 2. The number of rotatable bonds is 6. The van der Waals surface area contributed by atoms with Crippen LogP contribution in [0.25, 0.3) is 0 Å². The van der Waals surface area contributed by atoms with Crippen LogP contribution in [0.4, 0.5) is 11.4 Å².